The van der Waals surface area contributed by atoms with Gasteiger partial charge in [0.05, 0.1) is 0 Å². The Morgan fingerprint density at radius 2 is 0.126 bits per heavy atom. The zero-order valence-corrected chi connectivity index (χ0v) is 90.3. The summed E-state index contributed by atoms with van der Waals surface area (Å²) in [4.78, 5) is 0. The van der Waals surface area contributed by atoms with Gasteiger partial charge in [-0.15, -0.1) is 0 Å². The summed E-state index contributed by atoms with van der Waals surface area (Å²) in [5.41, 5.74) is 0. The molecule has 0 saturated heterocycles. The second-order valence-corrected chi connectivity index (χ2v) is 33.4. The summed E-state index contributed by atoms with van der Waals surface area (Å²) in [6, 6.07) is 0. The van der Waals surface area contributed by atoms with Crippen molar-refractivity contribution in [3.63, 3.8) is 0 Å². The minimum Gasteiger partial charge on any atom is -0.396 e. The normalized spacial score (nSPS) is 10.0. The average Bonchev–Trinajstić information content (AvgIpc) is 2.12. The molecule has 0 fully saturated rings. The van der Waals surface area contributed by atoms with Crippen molar-refractivity contribution in [2.24, 2.45) is 0 Å². The van der Waals surface area contributed by atoms with Gasteiger partial charge < -0.3 is 56.2 Å². The van der Waals surface area contributed by atoms with Gasteiger partial charge in [-0.2, -0.15) is 0 Å². The Bertz CT molecular complexity index is 1040. The number of unbranched alkanes of at least 4 members (excludes halogenated alkanes) is 72. The van der Waals surface area contributed by atoms with E-state index in [1.165, 1.54) is 430 Å². The van der Waals surface area contributed by atoms with Crippen molar-refractivity contribution in [1.29, 1.82) is 0 Å². The SMILES string of the molecule is CCCCCCCCCCCCCCCO.CCCCCCCCCCCCCCO.CCCCCCCCCCCCCCO.CCCCCCCCCCCCCCO.CCCCCCCCCCCCCCO.CCCCCCCCCCCCCCO.CCCCO.CCCCO.CCCCO.CCCCO.CCCCO.[Nb].[Nb].[Nb]. The Labute approximate surface area is 798 Å². The Balaban J connectivity index is -0.0000000870. The maximum absolute atomic E-state index is 8.63. The molecule has 0 bridgehead atoms. The molecule has 11 N–H and O–H groups in total. The van der Waals surface area contributed by atoms with Crippen LogP contribution in [-0.2, 0) is 67.1 Å². The minimum absolute atomic E-state index is 0. The number of hydrogen-bond acceptors (Lipinski definition) is 11. The summed E-state index contributed by atoms with van der Waals surface area (Å²) < 4.78 is 0. The zero-order valence-electron chi connectivity index (χ0n) is 83.7. The van der Waals surface area contributed by atoms with Crippen LogP contribution in [0.25, 0.3) is 0 Å². The summed E-state index contributed by atoms with van der Waals surface area (Å²) in [5, 5.41) is 92.0. The Morgan fingerprint density at radius 3 is 0.168 bits per heavy atom. The fourth-order valence-corrected chi connectivity index (χ4v) is 12.7. The van der Waals surface area contributed by atoms with Gasteiger partial charge in [0.15, 0.2) is 0 Å². The maximum Gasteiger partial charge on any atom is 0.0431 e. The summed E-state index contributed by atoms with van der Waals surface area (Å²) in [6.45, 7) is 27.8. The van der Waals surface area contributed by atoms with Crippen molar-refractivity contribution < 1.29 is 123 Å². The fraction of sp³-hybridized carbons (Fsp3) is 1.00. The van der Waals surface area contributed by atoms with E-state index >= 15 is 0 Å². The molecule has 0 unspecified atom stereocenters. The molecule has 0 rings (SSSR count). The van der Waals surface area contributed by atoms with E-state index in [4.69, 9.17) is 56.2 Å². The zero-order chi connectivity index (χ0) is 88.5. The minimum atomic E-state index is 0. The van der Waals surface area contributed by atoms with Gasteiger partial charge in [0.2, 0.25) is 0 Å². The van der Waals surface area contributed by atoms with Crippen molar-refractivity contribution >= 4 is 0 Å². The van der Waals surface area contributed by atoms with Gasteiger partial charge in [0.25, 0.3) is 0 Å². The fourth-order valence-electron chi connectivity index (χ4n) is 12.7. The summed E-state index contributed by atoms with van der Waals surface area (Å²) in [5.74, 6) is 0. The molecular weight excluding hydrogens is 1720 g/mol. The molecule has 0 aromatic rings. The van der Waals surface area contributed by atoms with Crippen molar-refractivity contribution in [2.45, 2.75) is 609 Å². The van der Waals surface area contributed by atoms with Crippen LogP contribution in [0.5, 0.6) is 0 Å². The smallest absolute Gasteiger partial charge is 0.0431 e. The predicted octanol–water partition coefficient (Wildman–Crippen LogP) is 32.4. The van der Waals surface area contributed by atoms with E-state index in [0.717, 1.165) is 103 Å². The van der Waals surface area contributed by atoms with Gasteiger partial charge in [0.1, 0.15) is 0 Å². The first-order valence-corrected chi connectivity index (χ1v) is 52.8. The maximum atomic E-state index is 8.63. The van der Waals surface area contributed by atoms with Crippen LogP contribution in [0.3, 0.4) is 0 Å². The third-order valence-electron chi connectivity index (χ3n) is 20.9. The number of rotatable bonds is 83. The molecule has 3 radical (unpaired) electrons. The molecule has 0 atom stereocenters. The van der Waals surface area contributed by atoms with E-state index in [1.54, 1.807) is 0 Å². The van der Waals surface area contributed by atoms with Gasteiger partial charge in [-0.25, -0.2) is 0 Å². The van der Waals surface area contributed by atoms with E-state index in [1.807, 2.05) is 0 Å². The van der Waals surface area contributed by atoms with Crippen molar-refractivity contribution in [3.05, 3.63) is 0 Å². The molecule has 733 valence electrons. The Morgan fingerprint density at radius 1 is 0.0756 bits per heavy atom. The van der Waals surface area contributed by atoms with Crippen LogP contribution in [0.15, 0.2) is 0 Å². The first-order valence-electron chi connectivity index (χ1n) is 52.8. The van der Waals surface area contributed by atoms with Gasteiger partial charge in [-0.1, -0.05) is 538 Å². The molecule has 11 nitrogen and oxygen atoms in total. The second-order valence-electron chi connectivity index (χ2n) is 33.4. The largest absolute Gasteiger partial charge is 0.396 e. The molecule has 0 saturated carbocycles. The molecule has 0 heterocycles. The molecule has 0 amide bonds. The Kier molecular flexibility index (Phi) is 235. The van der Waals surface area contributed by atoms with Crippen LogP contribution >= 0.6 is 0 Å². The molecule has 0 aliphatic rings. The molecule has 0 aliphatic carbocycles. The van der Waals surface area contributed by atoms with E-state index in [0.29, 0.717) is 72.7 Å². The predicted molar refractivity (Wildman–Crippen MR) is 524 cm³/mol. The third kappa shape index (κ3) is 231. The first-order chi connectivity index (χ1) is 57.1. The summed E-state index contributed by atoms with van der Waals surface area (Å²) in [7, 11) is 0. The topological polar surface area (TPSA) is 223 Å². The molecule has 0 aliphatic heterocycles. The van der Waals surface area contributed by atoms with Crippen molar-refractivity contribution in [1.82, 2.24) is 0 Å². The van der Waals surface area contributed by atoms with Crippen LogP contribution in [-0.4, -0.2) is 129 Å². The van der Waals surface area contributed by atoms with Crippen molar-refractivity contribution in [3.8, 4) is 0 Å². The number of aliphatic hydroxyl groups is 11. The van der Waals surface area contributed by atoms with E-state index in [9.17, 15) is 0 Å². The Hall–Kier alpha value is 1.78. The summed E-state index contributed by atoms with van der Waals surface area (Å²) >= 11 is 0. The van der Waals surface area contributed by atoms with Crippen LogP contribution in [0.2, 0.25) is 0 Å². The van der Waals surface area contributed by atoms with Crippen LogP contribution in [0, 0.1) is 0 Å². The van der Waals surface area contributed by atoms with Gasteiger partial charge in [-0.3, -0.25) is 0 Å². The third-order valence-corrected chi connectivity index (χ3v) is 20.9. The van der Waals surface area contributed by atoms with E-state index in [2.05, 4.69) is 76.2 Å². The second kappa shape index (κ2) is 184. The van der Waals surface area contributed by atoms with E-state index in [-0.39, 0.29) is 67.1 Å². The standard InChI is InChI=1S/C15H32O.5C14H30O.5C4H10O.3Nb/c1-2-3-4-5-6-7-8-9-10-11-12-13-14-15-16;5*1-2-3-4-5-6-7-8-9-10-11-12-13-14-15;5*1-2-3-4-5;;;/h16H,2-15H2,1H3;5*15H,2-14H2,1H3;5*5H,2-4H2,1H3;;;. The van der Waals surface area contributed by atoms with E-state index < -0.39 is 0 Å². The van der Waals surface area contributed by atoms with Gasteiger partial charge in [-0.05, 0) is 70.6 Å². The number of aliphatic hydroxyl groups excluding tert-OH is 11. The van der Waals surface area contributed by atoms with Crippen LogP contribution < -0.4 is 0 Å². The first kappa shape index (κ1) is 152. The van der Waals surface area contributed by atoms with Crippen molar-refractivity contribution in [2.75, 3.05) is 72.7 Å². The molecule has 0 spiro atoms. The molecule has 0 aromatic heterocycles. The van der Waals surface area contributed by atoms with Gasteiger partial charge in [0, 0.05) is 140 Å². The molecule has 14 heteroatoms. The average molecular weight is 1950 g/mol. The van der Waals surface area contributed by atoms with Crippen LogP contribution in [0.4, 0.5) is 0 Å². The monoisotopic (exact) mass is 1950 g/mol. The van der Waals surface area contributed by atoms with Crippen LogP contribution in [0.1, 0.15) is 609 Å². The quantitative estimate of drug-likeness (QED) is 0.0203. The van der Waals surface area contributed by atoms with Gasteiger partial charge >= 0.3 is 0 Å². The summed E-state index contributed by atoms with van der Waals surface area (Å²) in [6.07, 6.45) is 109. The molecule has 0 aromatic carbocycles. The number of hydrogen-bond donors (Lipinski definition) is 11. The molecular formula is C105H232Nb3O11. The molecule has 119 heavy (non-hydrogen) atoms.